The predicted molar refractivity (Wildman–Crippen MR) is 78.8 cm³/mol. The largest absolute Gasteiger partial charge is 0.390 e. The van der Waals surface area contributed by atoms with Crippen LogP contribution in [0.1, 0.15) is 19.8 Å². The van der Waals surface area contributed by atoms with Gasteiger partial charge in [0.25, 0.3) is 0 Å². The maximum Gasteiger partial charge on any atom is 0.246 e. The standard InChI is InChI=1S/C15H21N3O2/c1-15(20)6-8-18(9-7-15)14(19)13-10-16-11-4-2-3-5-12(11)17-13/h2-5,13,16-17,20H,6-10H2,1H3. The highest BCUT2D eigenvalue weighted by molar-refractivity contribution is 5.88. The average Bonchev–Trinajstić information content (AvgIpc) is 2.46. The van der Waals surface area contributed by atoms with Crippen molar-refractivity contribution in [2.24, 2.45) is 0 Å². The molecular weight excluding hydrogens is 254 g/mol. The molecule has 108 valence electrons. The number of aliphatic hydroxyl groups is 1. The van der Waals surface area contributed by atoms with Gasteiger partial charge in [-0.3, -0.25) is 4.79 Å². The summed E-state index contributed by atoms with van der Waals surface area (Å²) in [7, 11) is 0. The summed E-state index contributed by atoms with van der Waals surface area (Å²) in [5.74, 6) is 0.113. The zero-order chi connectivity index (χ0) is 14.2. The highest BCUT2D eigenvalue weighted by atomic mass is 16.3. The molecule has 3 N–H and O–H groups in total. The minimum absolute atomic E-state index is 0.113. The summed E-state index contributed by atoms with van der Waals surface area (Å²) in [6, 6.07) is 7.68. The molecule has 0 aromatic heterocycles. The van der Waals surface area contributed by atoms with E-state index in [0.29, 0.717) is 32.5 Å². The van der Waals surface area contributed by atoms with Gasteiger partial charge in [-0.1, -0.05) is 12.1 Å². The van der Waals surface area contributed by atoms with Gasteiger partial charge in [-0.15, -0.1) is 0 Å². The van der Waals surface area contributed by atoms with Gasteiger partial charge in [0.05, 0.1) is 17.0 Å². The number of anilines is 2. The van der Waals surface area contributed by atoms with Crippen LogP contribution in [-0.2, 0) is 4.79 Å². The fraction of sp³-hybridized carbons (Fsp3) is 0.533. The van der Waals surface area contributed by atoms with Gasteiger partial charge in [-0.25, -0.2) is 0 Å². The zero-order valence-corrected chi connectivity index (χ0v) is 11.7. The van der Waals surface area contributed by atoms with E-state index in [-0.39, 0.29) is 11.9 Å². The monoisotopic (exact) mass is 275 g/mol. The van der Waals surface area contributed by atoms with Gasteiger partial charge in [0.1, 0.15) is 6.04 Å². The summed E-state index contributed by atoms with van der Waals surface area (Å²) < 4.78 is 0. The fourth-order valence-electron chi connectivity index (χ4n) is 2.79. The zero-order valence-electron chi connectivity index (χ0n) is 11.7. The quantitative estimate of drug-likeness (QED) is 0.722. The molecular formula is C15H21N3O2. The van der Waals surface area contributed by atoms with Gasteiger partial charge in [0.15, 0.2) is 0 Å². The summed E-state index contributed by atoms with van der Waals surface area (Å²) in [4.78, 5) is 14.4. The second-order valence-electron chi connectivity index (χ2n) is 5.95. The van der Waals surface area contributed by atoms with Crippen LogP contribution >= 0.6 is 0 Å². The lowest BCUT2D eigenvalue weighted by Gasteiger charge is -2.38. The lowest BCUT2D eigenvalue weighted by molar-refractivity contribution is -0.135. The van der Waals surface area contributed by atoms with Crippen molar-refractivity contribution in [3.8, 4) is 0 Å². The predicted octanol–water partition coefficient (Wildman–Crippen LogP) is 1.27. The number of carbonyl (C=O) groups is 1. The van der Waals surface area contributed by atoms with E-state index in [4.69, 9.17) is 0 Å². The van der Waals surface area contributed by atoms with E-state index in [9.17, 15) is 9.90 Å². The first-order valence-corrected chi connectivity index (χ1v) is 7.16. The minimum Gasteiger partial charge on any atom is -0.390 e. The van der Waals surface area contributed by atoms with Crippen molar-refractivity contribution in [1.29, 1.82) is 0 Å². The van der Waals surface area contributed by atoms with E-state index >= 15 is 0 Å². The Hall–Kier alpha value is -1.75. The molecule has 20 heavy (non-hydrogen) atoms. The molecule has 1 unspecified atom stereocenters. The molecule has 1 atom stereocenters. The third-order valence-electron chi connectivity index (χ3n) is 4.20. The summed E-state index contributed by atoms with van der Waals surface area (Å²) in [6.45, 7) is 3.70. The Balaban J connectivity index is 1.65. The van der Waals surface area contributed by atoms with Crippen LogP contribution in [0.2, 0.25) is 0 Å². The lowest BCUT2D eigenvalue weighted by atomic mass is 9.93. The van der Waals surface area contributed by atoms with E-state index in [2.05, 4.69) is 10.6 Å². The smallest absolute Gasteiger partial charge is 0.246 e. The van der Waals surface area contributed by atoms with Crippen LogP contribution in [0.5, 0.6) is 0 Å². The van der Waals surface area contributed by atoms with Crippen molar-refractivity contribution in [2.45, 2.75) is 31.4 Å². The van der Waals surface area contributed by atoms with Gasteiger partial charge < -0.3 is 20.6 Å². The van der Waals surface area contributed by atoms with Crippen LogP contribution in [-0.4, -0.2) is 47.2 Å². The highest BCUT2D eigenvalue weighted by Crippen LogP contribution is 2.27. The number of rotatable bonds is 1. The molecule has 1 fully saturated rings. The van der Waals surface area contributed by atoms with E-state index in [1.807, 2.05) is 36.1 Å². The van der Waals surface area contributed by atoms with Crippen molar-refractivity contribution in [1.82, 2.24) is 4.90 Å². The number of fused-ring (bicyclic) bond motifs is 1. The molecule has 1 saturated heterocycles. The Morgan fingerprint density at radius 3 is 2.65 bits per heavy atom. The normalized spacial score (nSPS) is 24.3. The van der Waals surface area contributed by atoms with Gasteiger partial charge in [-0.05, 0) is 31.9 Å². The van der Waals surface area contributed by atoms with Crippen molar-refractivity contribution in [2.75, 3.05) is 30.3 Å². The van der Waals surface area contributed by atoms with Crippen molar-refractivity contribution >= 4 is 17.3 Å². The average molecular weight is 275 g/mol. The number of likely N-dealkylation sites (tertiary alicyclic amines) is 1. The molecule has 3 rings (SSSR count). The molecule has 0 radical (unpaired) electrons. The number of para-hydroxylation sites is 2. The topological polar surface area (TPSA) is 64.6 Å². The number of hydrogen-bond donors (Lipinski definition) is 3. The SMILES string of the molecule is CC1(O)CCN(C(=O)C2CNc3ccccc3N2)CC1. The van der Waals surface area contributed by atoms with Crippen LogP contribution in [0.15, 0.2) is 24.3 Å². The molecule has 0 bridgehead atoms. The first-order chi connectivity index (χ1) is 9.55. The van der Waals surface area contributed by atoms with Crippen LogP contribution in [0, 0.1) is 0 Å². The Morgan fingerprint density at radius 1 is 1.30 bits per heavy atom. The molecule has 1 aromatic carbocycles. The molecule has 0 spiro atoms. The number of piperidine rings is 1. The van der Waals surface area contributed by atoms with E-state index < -0.39 is 5.60 Å². The van der Waals surface area contributed by atoms with Gasteiger partial charge >= 0.3 is 0 Å². The first-order valence-electron chi connectivity index (χ1n) is 7.16. The van der Waals surface area contributed by atoms with Crippen LogP contribution in [0.25, 0.3) is 0 Å². The highest BCUT2D eigenvalue weighted by Gasteiger charge is 2.33. The van der Waals surface area contributed by atoms with Crippen LogP contribution in [0.3, 0.4) is 0 Å². The molecule has 1 amide bonds. The third kappa shape index (κ3) is 2.58. The van der Waals surface area contributed by atoms with E-state index in [1.54, 1.807) is 0 Å². The number of nitrogens with zero attached hydrogens (tertiary/aromatic N) is 1. The summed E-state index contributed by atoms with van der Waals surface area (Å²) in [5, 5.41) is 16.5. The molecule has 2 aliphatic heterocycles. The van der Waals surface area contributed by atoms with Crippen molar-refractivity contribution < 1.29 is 9.90 Å². The lowest BCUT2D eigenvalue weighted by Crippen LogP contribution is -2.52. The van der Waals surface area contributed by atoms with E-state index in [1.165, 1.54) is 0 Å². The summed E-state index contributed by atoms with van der Waals surface area (Å²) in [6.07, 6.45) is 1.30. The van der Waals surface area contributed by atoms with Crippen molar-refractivity contribution in [3.63, 3.8) is 0 Å². The molecule has 5 heteroatoms. The molecule has 2 aliphatic rings. The number of amides is 1. The minimum atomic E-state index is -0.623. The van der Waals surface area contributed by atoms with Crippen LogP contribution in [0.4, 0.5) is 11.4 Å². The Morgan fingerprint density at radius 2 is 1.95 bits per heavy atom. The number of benzene rings is 1. The Labute approximate surface area is 119 Å². The number of nitrogens with one attached hydrogen (secondary N) is 2. The Kier molecular flexibility index (Phi) is 3.30. The fourth-order valence-corrected chi connectivity index (χ4v) is 2.79. The van der Waals surface area contributed by atoms with Gasteiger partial charge in [-0.2, -0.15) is 0 Å². The third-order valence-corrected chi connectivity index (χ3v) is 4.20. The van der Waals surface area contributed by atoms with E-state index in [0.717, 1.165) is 11.4 Å². The van der Waals surface area contributed by atoms with Gasteiger partial charge in [0, 0.05) is 19.6 Å². The summed E-state index contributed by atoms with van der Waals surface area (Å²) >= 11 is 0. The number of hydrogen-bond acceptors (Lipinski definition) is 4. The van der Waals surface area contributed by atoms with Gasteiger partial charge in [0.2, 0.25) is 5.91 Å². The maximum atomic E-state index is 12.5. The molecule has 2 heterocycles. The first kappa shape index (κ1) is 13.2. The molecule has 0 aliphatic carbocycles. The second-order valence-corrected chi connectivity index (χ2v) is 5.95. The Bertz CT molecular complexity index is 506. The molecule has 0 saturated carbocycles. The van der Waals surface area contributed by atoms with Crippen molar-refractivity contribution in [3.05, 3.63) is 24.3 Å². The molecule has 1 aromatic rings. The maximum absolute atomic E-state index is 12.5. The summed E-state index contributed by atoms with van der Waals surface area (Å²) in [5.41, 5.74) is 1.39. The second kappa shape index (κ2) is 4.98. The van der Waals surface area contributed by atoms with Crippen LogP contribution < -0.4 is 10.6 Å². The molecule has 5 nitrogen and oxygen atoms in total. The number of carbonyl (C=O) groups excluding carboxylic acids is 1.